The number of amides is 1. The number of nitrogens with one attached hydrogen (secondary N) is 1. The molecule has 7 nitrogen and oxygen atoms in total. The average Bonchev–Trinajstić information content (AvgIpc) is 2.68. The van der Waals surface area contributed by atoms with Gasteiger partial charge in [-0.3, -0.25) is 15.0 Å². The number of halogens is 1. The number of hydrogen-bond donors (Lipinski definition) is 1. The molecule has 1 N–H and O–H groups in total. The summed E-state index contributed by atoms with van der Waals surface area (Å²) in [6.07, 6.45) is 2.88. The monoisotopic (exact) mass is 413 g/mol. The number of hydrogen-bond acceptors (Lipinski definition) is 5. The van der Waals surface area contributed by atoms with Crippen molar-refractivity contribution in [1.82, 2.24) is 9.66 Å². The predicted octanol–water partition coefficient (Wildman–Crippen LogP) is 3.72. The first kappa shape index (κ1) is 19.3. The van der Waals surface area contributed by atoms with Crippen LogP contribution in [0.2, 0.25) is 5.02 Å². The first-order valence-corrected chi connectivity index (χ1v) is 9.66. The Morgan fingerprint density at radius 3 is 2.48 bits per heavy atom. The minimum Gasteiger partial charge on any atom is -0.493 e. The highest BCUT2D eigenvalue weighted by molar-refractivity contribution is 6.34. The van der Waals surface area contributed by atoms with Gasteiger partial charge < -0.3 is 9.47 Å². The Hall–Kier alpha value is -3.06. The van der Waals surface area contributed by atoms with Crippen molar-refractivity contribution in [2.45, 2.75) is 25.2 Å². The third-order valence-corrected chi connectivity index (χ3v) is 5.53. The number of rotatable bonds is 5. The Balaban J connectivity index is 1.87. The van der Waals surface area contributed by atoms with Gasteiger partial charge in [0.25, 0.3) is 11.5 Å². The van der Waals surface area contributed by atoms with E-state index in [1.54, 1.807) is 36.4 Å². The lowest BCUT2D eigenvalue weighted by atomic mass is 9.84. The molecular weight excluding hydrogens is 394 g/mol. The number of methoxy groups -OCH3 is 2. The molecule has 29 heavy (non-hydrogen) atoms. The fourth-order valence-electron chi connectivity index (χ4n) is 3.39. The maximum Gasteiger partial charge on any atom is 0.280 e. The Labute approximate surface area is 172 Å². The second-order valence-electron chi connectivity index (χ2n) is 6.88. The van der Waals surface area contributed by atoms with E-state index in [0.29, 0.717) is 33.2 Å². The van der Waals surface area contributed by atoms with Crippen molar-refractivity contribution in [3.05, 3.63) is 63.2 Å². The lowest BCUT2D eigenvalue weighted by Gasteiger charge is -2.27. The maximum absolute atomic E-state index is 13.3. The number of benzene rings is 2. The fourth-order valence-corrected chi connectivity index (χ4v) is 3.61. The molecule has 1 aliphatic rings. The molecule has 1 aliphatic carbocycles. The number of nitrogens with zero attached hydrogens (tertiary/aromatic N) is 2. The summed E-state index contributed by atoms with van der Waals surface area (Å²) in [6, 6.07) is 9.94. The minimum absolute atomic E-state index is 0.103. The summed E-state index contributed by atoms with van der Waals surface area (Å²) in [6.45, 7) is 0. The SMILES string of the molecule is COc1cc2nc(C3CCC3)n(NC(=O)c3ccccc3Cl)c(=O)c2cc1OC. The Bertz CT molecular complexity index is 1150. The molecular formula is C21H20ClN3O4. The van der Waals surface area contributed by atoms with Crippen molar-refractivity contribution < 1.29 is 14.3 Å². The first-order valence-electron chi connectivity index (χ1n) is 9.28. The molecule has 0 aliphatic heterocycles. The molecule has 0 atom stereocenters. The number of fused-ring (bicyclic) bond motifs is 1. The zero-order chi connectivity index (χ0) is 20.5. The molecule has 0 bridgehead atoms. The van der Waals surface area contributed by atoms with E-state index in [1.165, 1.54) is 18.9 Å². The minimum atomic E-state index is -0.472. The molecule has 3 aromatic rings. The summed E-state index contributed by atoms with van der Waals surface area (Å²) in [7, 11) is 3.03. The van der Waals surface area contributed by atoms with E-state index in [2.05, 4.69) is 5.43 Å². The van der Waals surface area contributed by atoms with Gasteiger partial charge in [-0.1, -0.05) is 30.2 Å². The van der Waals surface area contributed by atoms with Gasteiger partial charge in [-0.25, -0.2) is 9.66 Å². The Kier molecular flexibility index (Phi) is 5.15. The van der Waals surface area contributed by atoms with E-state index >= 15 is 0 Å². The molecule has 0 saturated heterocycles. The summed E-state index contributed by atoms with van der Waals surface area (Å²) in [5.41, 5.74) is 3.10. The van der Waals surface area contributed by atoms with Crippen LogP contribution in [0, 0.1) is 0 Å². The van der Waals surface area contributed by atoms with Crippen molar-refractivity contribution in [3.8, 4) is 11.5 Å². The molecule has 2 aromatic carbocycles. The van der Waals surface area contributed by atoms with Crippen LogP contribution in [0.4, 0.5) is 0 Å². The topological polar surface area (TPSA) is 82.5 Å². The van der Waals surface area contributed by atoms with Crippen molar-refractivity contribution in [1.29, 1.82) is 0 Å². The van der Waals surface area contributed by atoms with Crippen LogP contribution < -0.4 is 20.5 Å². The quantitative estimate of drug-likeness (QED) is 0.689. The average molecular weight is 414 g/mol. The highest BCUT2D eigenvalue weighted by atomic mass is 35.5. The third-order valence-electron chi connectivity index (χ3n) is 5.20. The van der Waals surface area contributed by atoms with E-state index in [0.717, 1.165) is 19.3 Å². The Morgan fingerprint density at radius 2 is 1.86 bits per heavy atom. The van der Waals surface area contributed by atoms with Gasteiger partial charge in [0, 0.05) is 12.0 Å². The van der Waals surface area contributed by atoms with Crippen LogP contribution in [-0.4, -0.2) is 29.8 Å². The molecule has 0 radical (unpaired) electrons. The summed E-state index contributed by atoms with van der Waals surface area (Å²) in [5, 5.41) is 0.633. The largest absolute Gasteiger partial charge is 0.493 e. The van der Waals surface area contributed by atoms with Crippen LogP contribution in [-0.2, 0) is 0 Å². The zero-order valence-electron chi connectivity index (χ0n) is 16.1. The van der Waals surface area contributed by atoms with Crippen molar-refractivity contribution in [3.63, 3.8) is 0 Å². The zero-order valence-corrected chi connectivity index (χ0v) is 16.8. The van der Waals surface area contributed by atoms with Crippen LogP contribution in [0.5, 0.6) is 11.5 Å². The summed E-state index contributed by atoms with van der Waals surface area (Å²) in [4.78, 5) is 30.8. The summed E-state index contributed by atoms with van der Waals surface area (Å²) in [5.74, 6) is 1.07. The predicted molar refractivity (Wildman–Crippen MR) is 111 cm³/mol. The van der Waals surface area contributed by atoms with Crippen molar-refractivity contribution in [2.75, 3.05) is 19.6 Å². The normalized spacial score (nSPS) is 13.8. The number of ether oxygens (including phenoxy) is 2. The Morgan fingerprint density at radius 1 is 1.17 bits per heavy atom. The molecule has 4 rings (SSSR count). The lowest BCUT2D eigenvalue weighted by Crippen LogP contribution is -2.38. The van der Waals surface area contributed by atoms with Gasteiger partial charge in [0.15, 0.2) is 11.5 Å². The van der Waals surface area contributed by atoms with Crippen LogP contribution >= 0.6 is 11.6 Å². The van der Waals surface area contributed by atoms with Gasteiger partial charge in [0.2, 0.25) is 0 Å². The first-order chi connectivity index (χ1) is 14.0. The number of carbonyl (C=O) groups is 1. The van der Waals surface area contributed by atoms with Crippen LogP contribution in [0.15, 0.2) is 41.2 Å². The number of carbonyl (C=O) groups excluding carboxylic acids is 1. The van der Waals surface area contributed by atoms with E-state index < -0.39 is 5.91 Å². The summed E-state index contributed by atoms with van der Waals surface area (Å²) < 4.78 is 11.9. The smallest absolute Gasteiger partial charge is 0.280 e. The molecule has 1 fully saturated rings. The molecule has 0 spiro atoms. The van der Waals surface area contributed by atoms with Crippen LogP contribution in [0.25, 0.3) is 10.9 Å². The second kappa shape index (κ2) is 7.75. The van der Waals surface area contributed by atoms with Gasteiger partial charge in [-0.15, -0.1) is 0 Å². The van der Waals surface area contributed by atoms with Crippen LogP contribution in [0.3, 0.4) is 0 Å². The standard InChI is InChI=1S/C21H20ClN3O4/c1-28-17-10-14-16(11-18(17)29-2)23-19(12-6-5-7-12)25(21(14)27)24-20(26)13-8-3-4-9-15(13)22/h3-4,8-12H,5-7H2,1-2H3,(H,24,26). The van der Waals surface area contributed by atoms with Crippen LogP contribution in [0.1, 0.15) is 41.4 Å². The molecule has 1 aromatic heterocycles. The third kappa shape index (κ3) is 3.42. The number of aromatic nitrogens is 2. The van der Waals surface area contributed by atoms with Gasteiger partial charge >= 0.3 is 0 Å². The van der Waals surface area contributed by atoms with Gasteiger partial charge in [0.1, 0.15) is 5.82 Å². The van der Waals surface area contributed by atoms with E-state index in [9.17, 15) is 9.59 Å². The maximum atomic E-state index is 13.3. The molecule has 1 heterocycles. The van der Waals surface area contributed by atoms with Gasteiger partial charge in [0.05, 0.1) is 35.7 Å². The van der Waals surface area contributed by atoms with Crippen molar-refractivity contribution >= 4 is 28.4 Å². The van der Waals surface area contributed by atoms with Gasteiger partial charge in [-0.2, -0.15) is 0 Å². The molecule has 8 heteroatoms. The van der Waals surface area contributed by atoms with E-state index in [4.69, 9.17) is 26.1 Å². The highest BCUT2D eigenvalue weighted by Gasteiger charge is 2.27. The molecule has 150 valence electrons. The molecule has 0 unspecified atom stereocenters. The van der Waals surface area contributed by atoms with E-state index in [1.807, 2.05) is 0 Å². The second-order valence-corrected chi connectivity index (χ2v) is 7.29. The van der Waals surface area contributed by atoms with Gasteiger partial charge in [-0.05, 0) is 31.0 Å². The molecule has 1 saturated carbocycles. The van der Waals surface area contributed by atoms with Crippen molar-refractivity contribution in [2.24, 2.45) is 0 Å². The van der Waals surface area contributed by atoms with E-state index in [-0.39, 0.29) is 17.0 Å². The molecule has 1 amide bonds. The lowest BCUT2D eigenvalue weighted by molar-refractivity contribution is 0.101. The fraction of sp³-hybridized carbons (Fsp3) is 0.286. The highest BCUT2D eigenvalue weighted by Crippen LogP contribution is 2.36. The summed E-state index contributed by atoms with van der Waals surface area (Å²) >= 11 is 6.14.